The Labute approximate surface area is 102 Å². The summed E-state index contributed by atoms with van der Waals surface area (Å²) in [5.41, 5.74) is 2.17. The average molecular weight is 230 g/mol. The van der Waals surface area contributed by atoms with Gasteiger partial charge in [0.05, 0.1) is 6.07 Å². The van der Waals surface area contributed by atoms with Crippen LogP contribution in [0, 0.1) is 24.2 Å². The lowest BCUT2D eigenvalue weighted by Crippen LogP contribution is -2.36. The van der Waals surface area contributed by atoms with E-state index in [1.165, 1.54) is 0 Å². The second-order valence-corrected chi connectivity index (χ2v) is 4.48. The number of aryl methyl sites for hydroxylation is 1. The number of carbonyl (C=O) groups excluding carboxylic acids is 1. The highest BCUT2D eigenvalue weighted by molar-refractivity contribution is 5.81. The standard InChI is InChI=1S/C14H18N2O/c1-10(2)16-14(17)13(9-15)8-12-7-5-4-6-11(12)3/h4-7,10,13H,8H2,1-3H3,(H,16,17). The lowest BCUT2D eigenvalue weighted by Gasteiger charge is -2.13. The molecular formula is C14H18N2O. The molecule has 1 aromatic carbocycles. The van der Waals surface area contributed by atoms with E-state index in [4.69, 9.17) is 5.26 Å². The Kier molecular flexibility index (Phi) is 4.71. The van der Waals surface area contributed by atoms with Gasteiger partial charge in [-0.1, -0.05) is 24.3 Å². The van der Waals surface area contributed by atoms with E-state index in [1.807, 2.05) is 45.0 Å². The molecule has 3 nitrogen and oxygen atoms in total. The maximum Gasteiger partial charge on any atom is 0.237 e. The van der Waals surface area contributed by atoms with Gasteiger partial charge in [-0.2, -0.15) is 5.26 Å². The van der Waals surface area contributed by atoms with E-state index in [0.717, 1.165) is 11.1 Å². The molecule has 90 valence electrons. The molecule has 0 aliphatic rings. The maximum absolute atomic E-state index is 11.8. The average Bonchev–Trinajstić information content (AvgIpc) is 2.27. The molecule has 0 heterocycles. The van der Waals surface area contributed by atoms with Crippen LogP contribution in [-0.4, -0.2) is 11.9 Å². The second-order valence-electron chi connectivity index (χ2n) is 4.48. The van der Waals surface area contributed by atoms with Gasteiger partial charge >= 0.3 is 0 Å². The predicted molar refractivity (Wildman–Crippen MR) is 67.3 cm³/mol. The summed E-state index contributed by atoms with van der Waals surface area (Å²) in [6.07, 6.45) is 0.474. The zero-order chi connectivity index (χ0) is 12.8. The molecule has 1 unspecified atom stereocenters. The summed E-state index contributed by atoms with van der Waals surface area (Å²) in [5.74, 6) is -0.802. The van der Waals surface area contributed by atoms with Crippen molar-refractivity contribution < 1.29 is 4.79 Å². The number of rotatable bonds is 4. The molecule has 0 aromatic heterocycles. The Morgan fingerprint density at radius 2 is 2.06 bits per heavy atom. The summed E-state index contributed by atoms with van der Waals surface area (Å²) in [6.45, 7) is 5.77. The SMILES string of the molecule is Cc1ccccc1CC(C#N)C(=O)NC(C)C. The number of hydrogen-bond donors (Lipinski definition) is 1. The molecule has 0 aliphatic heterocycles. The highest BCUT2D eigenvalue weighted by atomic mass is 16.1. The van der Waals surface area contributed by atoms with Gasteiger partial charge in [-0.05, 0) is 38.3 Å². The molecule has 17 heavy (non-hydrogen) atoms. The van der Waals surface area contributed by atoms with E-state index in [1.54, 1.807) is 0 Å². The van der Waals surface area contributed by atoms with Gasteiger partial charge in [0.2, 0.25) is 5.91 Å². The van der Waals surface area contributed by atoms with E-state index < -0.39 is 5.92 Å². The first kappa shape index (κ1) is 13.2. The largest absolute Gasteiger partial charge is 0.353 e. The second kappa shape index (κ2) is 6.05. The quantitative estimate of drug-likeness (QED) is 0.862. The van der Waals surface area contributed by atoms with E-state index in [2.05, 4.69) is 11.4 Å². The van der Waals surface area contributed by atoms with Crippen LogP contribution in [0.25, 0.3) is 0 Å². The van der Waals surface area contributed by atoms with E-state index >= 15 is 0 Å². The van der Waals surface area contributed by atoms with Gasteiger partial charge in [0.15, 0.2) is 0 Å². The number of nitriles is 1. The van der Waals surface area contributed by atoms with Crippen molar-refractivity contribution in [3.05, 3.63) is 35.4 Å². The topological polar surface area (TPSA) is 52.9 Å². The fraction of sp³-hybridized carbons (Fsp3) is 0.429. The molecule has 1 aromatic rings. The molecule has 0 spiro atoms. The minimum Gasteiger partial charge on any atom is -0.353 e. The van der Waals surface area contributed by atoms with Crippen molar-refractivity contribution in [1.82, 2.24) is 5.32 Å². The first-order valence-electron chi connectivity index (χ1n) is 5.79. The van der Waals surface area contributed by atoms with Crippen molar-refractivity contribution in [1.29, 1.82) is 5.26 Å². The summed E-state index contributed by atoms with van der Waals surface area (Å²) in [4.78, 5) is 11.8. The Morgan fingerprint density at radius 3 is 2.59 bits per heavy atom. The van der Waals surface area contributed by atoms with Crippen molar-refractivity contribution in [2.45, 2.75) is 33.2 Å². The summed E-state index contributed by atoms with van der Waals surface area (Å²) in [7, 11) is 0. The molecule has 0 aliphatic carbocycles. The van der Waals surface area contributed by atoms with Gasteiger partial charge in [-0.3, -0.25) is 4.79 Å². The number of amides is 1. The van der Waals surface area contributed by atoms with Crippen LogP contribution in [0.1, 0.15) is 25.0 Å². The van der Waals surface area contributed by atoms with Gasteiger partial charge < -0.3 is 5.32 Å². The zero-order valence-corrected chi connectivity index (χ0v) is 10.5. The van der Waals surface area contributed by atoms with Crippen LogP contribution in [0.2, 0.25) is 0 Å². The monoisotopic (exact) mass is 230 g/mol. The minimum absolute atomic E-state index is 0.0650. The Bertz CT molecular complexity index is 432. The molecule has 1 rings (SSSR count). The summed E-state index contributed by atoms with van der Waals surface area (Å²) < 4.78 is 0. The van der Waals surface area contributed by atoms with Crippen LogP contribution in [0.5, 0.6) is 0 Å². The Balaban J connectivity index is 2.75. The van der Waals surface area contributed by atoms with E-state index in [9.17, 15) is 4.79 Å². The molecule has 0 bridgehead atoms. The molecule has 1 N–H and O–H groups in total. The van der Waals surface area contributed by atoms with Crippen molar-refractivity contribution in [2.75, 3.05) is 0 Å². The van der Waals surface area contributed by atoms with Gasteiger partial charge in [0, 0.05) is 6.04 Å². The lowest BCUT2D eigenvalue weighted by atomic mass is 9.96. The van der Waals surface area contributed by atoms with Gasteiger partial charge in [-0.15, -0.1) is 0 Å². The fourth-order valence-corrected chi connectivity index (χ4v) is 1.64. The lowest BCUT2D eigenvalue weighted by molar-refractivity contribution is -0.123. The summed E-state index contributed by atoms with van der Waals surface area (Å²) in [6, 6.07) is 9.97. The molecule has 0 radical (unpaired) electrons. The van der Waals surface area contributed by atoms with Crippen LogP contribution in [0.15, 0.2) is 24.3 Å². The van der Waals surface area contributed by atoms with Crippen LogP contribution in [0.4, 0.5) is 0 Å². The summed E-state index contributed by atoms with van der Waals surface area (Å²) in [5, 5.41) is 11.8. The van der Waals surface area contributed by atoms with Crippen LogP contribution < -0.4 is 5.32 Å². The first-order valence-corrected chi connectivity index (χ1v) is 5.79. The molecule has 1 atom stereocenters. The first-order chi connectivity index (χ1) is 8.04. The van der Waals surface area contributed by atoms with Gasteiger partial charge in [-0.25, -0.2) is 0 Å². The Hall–Kier alpha value is -1.82. The number of hydrogen-bond acceptors (Lipinski definition) is 2. The minimum atomic E-state index is -0.613. The van der Waals surface area contributed by atoms with Crippen molar-refractivity contribution in [3.8, 4) is 6.07 Å². The van der Waals surface area contributed by atoms with Gasteiger partial charge in [0.1, 0.15) is 5.92 Å². The van der Waals surface area contributed by atoms with Crippen LogP contribution >= 0.6 is 0 Å². The predicted octanol–water partition coefficient (Wildman–Crippen LogP) is 2.20. The Morgan fingerprint density at radius 1 is 1.41 bits per heavy atom. The molecule has 0 fully saturated rings. The normalized spacial score (nSPS) is 11.9. The zero-order valence-electron chi connectivity index (χ0n) is 10.5. The van der Waals surface area contributed by atoms with Crippen molar-refractivity contribution in [3.63, 3.8) is 0 Å². The van der Waals surface area contributed by atoms with Crippen molar-refractivity contribution in [2.24, 2.45) is 5.92 Å². The van der Waals surface area contributed by atoms with E-state index in [-0.39, 0.29) is 11.9 Å². The number of nitrogens with one attached hydrogen (secondary N) is 1. The fourth-order valence-electron chi connectivity index (χ4n) is 1.64. The van der Waals surface area contributed by atoms with Crippen LogP contribution in [0.3, 0.4) is 0 Å². The third-order valence-corrected chi connectivity index (χ3v) is 2.59. The van der Waals surface area contributed by atoms with Crippen LogP contribution in [-0.2, 0) is 11.2 Å². The third kappa shape index (κ3) is 3.92. The summed E-state index contributed by atoms with van der Waals surface area (Å²) >= 11 is 0. The van der Waals surface area contributed by atoms with E-state index in [0.29, 0.717) is 6.42 Å². The molecule has 0 saturated carbocycles. The molecular weight excluding hydrogens is 212 g/mol. The molecule has 0 saturated heterocycles. The van der Waals surface area contributed by atoms with Crippen molar-refractivity contribution >= 4 is 5.91 Å². The number of nitrogens with zero attached hydrogens (tertiary/aromatic N) is 1. The smallest absolute Gasteiger partial charge is 0.237 e. The maximum atomic E-state index is 11.8. The molecule has 1 amide bonds. The molecule has 3 heteroatoms. The highest BCUT2D eigenvalue weighted by Crippen LogP contribution is 2.13. The number of benzene rings is 1. The highest BCUT2D eigenvalue weighted by Gasteiger charge is 2.19. The number of carbonyl (C=O) groups is 1. The van der Waals surface area contributed by atoms with Gasteiger partial charge in [0.25, 0.3) is 0 Å². The third-order valence-electron chi connectivity index (χ3n) is 2.59.